The molecule has 0 fully saturated rings. The molecule has 0 saturated carbocycles. The fourth-order valence-corrected chi connectivity index (χ4v) is 1.32. The van der Waals surface area contributed by atoms with Crippen molar-refractivity contribution in [2.45, 2.75) is 19.8 Å². The Kier molecular flexibility index (Phi) is 3.09. The van der Waals surface area contributed by atoms with Crippen LogP contribution in [-0.4, -0.2) is 13.1 Å². The SMILES string of the molecule is COC(=O)CC1=CC=CC(C)C1. The van der Waals surface area contributed by atoms with Crippen LogP contribution in [0.2, 0.25) is 0 Å². The summed E-state index contributed by atoms with van der Waals surface area (Å²) >= 11 is 0. The average Bonchev–Trinajstić information content (AvgIpc) is 2.04. The Morgan fingerprint density at radius 3 is 3.08 bits per heavy atom. The highest BCUT2D eigenvalue weighted by atomic mass is 16.5. The standard InChI is InChI=1S/C10H14O2/c1-8-4-3-5-9(6-8)7-10(11)12-2/h3-5,8H,6-7H2,1-2H3. The van der Waals surface area contributed by atoms with Crippen molar-refractivity contribution in [1.29, 1.82) is 0 Å². The molecule has 0 spiro atoms. The zero-order valence-electron chi connectivity index (χ0n) is 7.54. The van der Waals surface area contributed by atoms with Crippen LogP contribution < -0.4 is 0 Å². The molecule has 0 saturated heterocycles. The summed E-state index contributed by atoms with van der Waals surface area (Å²) in [5, 5.41) is 0. The number of hydrogen-bond donors (Lipinski definition) is 0. The molecule has 1 rings (SSSR count). The van der Waals surface area contributed by atoms with Gasteiger partial charge in [-0.05, 0) is 12.3 Å². The van der Waals surface area contributed by atoms with Crippen molar-refractivity contribution in [3.8, 4) is 0 Å². The molecule has 0 bridgehead atoms. The number of allylic oxidation sites excluding steroid dienone is 3. The van der Waals surface area contributed by atoms with Crippen LogP contribution in [0.4, 0.5) is 0 Å². The molecule has 0 N–H and O–H groups in total. The minimum Gasteiger partial charge on any atom is -0.469 e. The maximum Gasteiger partial charge on any atom is 0.309 e. The third kappa shape index (κ3) is 2.53. The van der Waals surface area contributed by atoms with Crippen molar-refractivity contribution in [2.75, 3.05) is 7.11 Å². The molecule has 1 atom stereocenters. The number of carbonyl (C=O) groups excluding carboxylic acids is 1. The lowest BCUT2D eigenvalue weighted by Gasteiger charge is -2.12. The topological polar surface area (TPSA) is 26.3 Å². The summed E-state index contributed by atoms with van der Waals surface area (Å²) in [5.41, 5.74) is 1.16. The summed E-state index contributed by atoms with van der Waals surface area (Å²) < 4.78 is 4.58. The fourth-order valence-electron chi connectivity index (χ4n) is 1.32. The molecule has 2 nitrogen and oxygen atoms in total. The summed E-state index contributed by atoms with van der Waals surface area (Å²) in [5.74, 6) is 0.401. The van der Waals surface area contributed by atoms with E-state index in [0.29, 0.717) is 12.3 Å². The van der Waals surface area contributed by atoms with Crippen molar-refractivity contribution >= 4 is 5.97 Å². The summed E-state index contributed by atoms with van der Waals surface area (Å²) in [4.78, 5) is 10.9. The Bertz CT molecular complexity index is 226. The predicted octanol–water partition coefficient (Wildman–Crippen LogP) is 2.07. The molecule has 12 heavy (non-hydrogen) atoms. The van der Waals surface area contributed by atoms with E-state index in [9.17, 15) is 4.79 Å². The Balaban J connectivity index is 2.48. The lowest BCUT2D eigenvalue weighted by atomic mass is 9.94. The van der Waals surface area contributed by atoms with Gasteiger partial charge in [0.2, 0.25) is 0 Å². The Morgan fingerprint density at radius 1 is 1.75 bits per heavy atom. The highest BCUT2D eigenvalue weighted by molar-refractivity contribution is 5.72. The number of esters is 1. The van der Waals surface area contributed by atoms with Gasteiger partial charge in [-0.1, -0.05) is 30.7 Å². The monoisotopic (exact) mass is 166 g/mol. The molecular formula is C10H14O2. The zero-order chi connectivity index (χ0) is 8.97. The smallest absolute Gasteiger partial charge is 0.309 e. The maximum atomic E-state index is 10.9. The van der Waals surface area contributed by atoms with Crippen LogP contribution in [0.25, 0.3) is 0 Å². The second-order valence-corrected chi connectivity index (χ2v) is 3.14. The van der Waals surface area contributed by atoms with Crippen LogP contribution in [0.3, 0.4) is 0 Å². The van der Waals surface area contributed by atoms with Crippen LogP contribution in [0.1, 0.15) is 19.8 Å². The van der Waals surface area contributed by atoms with Gasteiger partial charge < -0.3 is 4.74 Å². The van der Waals surface area contributed by atoms with Crippen LogP contribution in [0.5, 0.6) is 0 Å². The largest absolute Gasteiger partial charge is 0.469 e. The van der Waals surface area contributed by atoms with Crippen LogP contribution in [0, 0.1) is 5.92 Å². The Labute approximate surface area is 72.9 Å². The van der Waals surface area contributed by atoms with Gasteiger partial charge in [-0.2, -0.15) is 0 Å². The molecule has 0 aromatic carbocycles. The number of methoxy groups -OCH3 is 1. The molecule has 0 aliphatic heterocycles. The van der Waals surface area contributed by atoms with E-state index >= 15 is 0 Å². The lowest BCUT2D eigenvalue weighted by Crippen LogP contribution is -2.05. The summed E-state index contributed by atoms with van der Waals surface area (Å²) in [6, 6.07) is 0. The molecule has 1 aliphatic rings. The van der Waals surface area contributed by atoms with Gasteiger partial charge in [0.05, 0.1) is 13.5 Å². The van der Waals surface area contributed by atoms with Crippen LogP contribution in [-0.2, 0) is 9.53 Å². The van der Waals surface area contributed by atoms with Crippen molar-refractivity contribution in [3.05, 3.63) is 23.8 Å². The molecule has 0 amide bonds. The first kappa shape index (κ1) is 9.04. The van der Waals surface area contributed by atoms with Crippen LogP contribution >= 0.6 is 0 Å². The molecule has 66 valence electrons. The van der Waals surface area contributed by atoms with E-state index < -0.39 is 0 Å². The minimum absolute atomic E-state index is 0.149. The third-order valence-corrected chi connectivity index (χ3v) is 1.95. The lowest BCUT2D eigenvalue weighted by molar-refractivity contribution is -0.139. The number of carbonyl (C=O) groups is 1. The number of rotatable bonds is 2. The average molecular weight is 166 g/mol. The van der Waals surface area contributed by atoms with E-state index in [1.165, 1.54) is 7.11 Å². The van der Waals surface area contributed by atoms with Gasteiger partial charge in [0, 0.05) is 0 Å². The summed E-state index contributed by atoms with van der Waals surface area (Å²) in [7, 11) is 1.42. The van der Waals surface area contributed by atoms with Gasteiger partial charge in [0.15, 0.2) is 0 Å². The molecular weight excluding hydrogens is 152 g/mol. The first-order valence-corrected chi connectivity index (χ1v) is 4.15. The highest BCUT2D eigenvalue weighted by Gasteiger charge is 2.10. The molecule has 0 heterocycles. The van der Waals surface area contributed by atoms with Crippen molar-refractivity contribution in [1.82, 2.24) is 0 Å². The van der Waals surface area contributed by atoms with E-state index in [4.69, 9.17) is 0 Å². The number of hydrogen-bond acceptors (Lipinski definition) is 2. The molecule has 1 aliphatic carbocycles. The van der Waals surface area contributed by atoms with Gasteiger partial charge in [-0.3, -0.25) is 4.79 Å². The van der Waals surface area contributed by atoms with Crippen molar-refractivity contribution in [3.63, 3.8) is 0 Å². The van der Waals surface area contributed by atoms with Crippen LogP contribution in [0.15, 0.2) is 23.8 Å². The molecule has 1 unspecified atom stereocenters. The molecule has 0 aromatic heterocycles. The Morgan fingerprint density at radius 2 is 2.50 bits per heavy atom. The molecule has 2 heteroatoms. The second-order valence-electron chi connectivity index (χ2n) is 3.14. The normalized spacial score (nSPS) is 21.8. The van der Waals surface area contributed by atoms with E-state index in [2.05, 4.69) is 17.7 Å². The van der Waals surface area contributed by atoms with Crippen molar-refractivity contribution < 1.29 is 9.53 Å². The van der Waals surface area contributed by atoms with Gasteiger partial charge >= 0.3 is 5.97 Å². The maximum absolute atomic E-state index is 10.9. The fraction of sp³-hybridized carbons (Fsp3) is 0.500. The minimum atomic E-state index is -0.149. The van der Waals surface area contributed by atoms with E-state index in [0.717, 1.165) is 12.0 Å². The molecule has 0 aromatic rings. The van der Waals surface area contributed by atoms with E-state index in [-0.39, 0.29) is 5.97 Å². The third-order valence-electron chi connectivity index (χ3n) is 1.95. The first-order valence-electron chi connectivity index (χ1n) is 4.15. The van der Waals surface area contributed by atoms with Gasteiger partial charge in [0.25, 0.3) is 0 Å². The van der Waals surface area contributed by atoms with E-state index in [1.807, 2.05) is 12.2 Å². The number of ether oxygens (including phenoxy) is 1. The summed E-state index contributed by atoms with van der Waals surface area (Å²) in [6.07, 6.45) is 7.56. The Hall–Kier alpha value is -1.05. The van der Waals surface area contributed by atoms with E-state index in [1.54, 1.807) is 0 Å². The second kappa shape index (κ2) is 4.10. The van der Waals surface area contributed by atoms with Gasteiger partial charge in [-0.15, -0.1) is 0 Å². The van der Waals surface area contributed by atoms with Crippen molar-refractivity contribution in [2.24, 2.45) is 5.92 Å². The first-order chi connectivity index (χ1) is 5.72. The zero-order valence-corrected chi connectivity index (χ0v) is 7.54. The summed E-state index contributed by atoms with van der Waals surface area (Å²) in [6.45, 7) is 2.14. The van der Waals surface area contributed by atoms with Gasteiger partial charge in [-0.25, -0.2) is 0 Å². The predicted molar refractivity (Wildman–Crippen MR) is 47.6 cm³/mol. The highest BCUT2D eigenvalue weighted by Crippen LogP contribution is 2.20. The van der Waals surface area contributed by atoms with Gasteiger partial charge in [0.1, 0.15) is 0 Å². The quantitative estimate of drug-likeness (QED) is 0.587. The molecule has 0 radical (unpaired) electrons.